The first-order valence-corrected chi connectivity index (χ1v) is 14.7. The third kappa shape index (κ3) is 7.72. The summed E-state index contributed by atoms with van der Waals surface area (Å²) in [6.07, 6.45) is 1.30. The van der Waals surface area contributed by atoms with Crippen molar-refractivity contribution < 1.29 is 33.4 Å². The SMILES string of the molecule is CCOc1cc(/C=C2\C(=O)NC(=O)N(c3ccc(OCc4ccccc4)cc3)C2=O)cc(Cl)c1OCC(=O)Nc1cccc(C)c1. The Kier molecular flexibility index (Phi) is 9.99. The van der Waals surface area contributed by atoms with Crippen LogP contribution in [-0.2, 0) is 21.0 Å². The molecule has 0 bridgehead atoms. The van der Waals surface area contributed by atoms with Crippen LogP contribution in [0.3, 0.4) is 0 Å². The maximum atomic E-state index is 13.5. The minimum absolute atomic E-state index is 0.0869. The molecular formula is C35H30ClN3O7. The van der Waals surface area contributed by atoms with Crippen LogP contribution in [0.15, 0.2) is 96.6 Å². The van der Waals surface area contributed by atoms with Crippen LogP contribution >= 0.6 is 11.6 Å². The number of nitrogens with one attached hydrogen (secondary N) is 2. The van der Waals surface area contributed by atoms with Crippen LogP contribution in [0.4, 0.5) is 16.2 Å². The molecule has 5 rings (SSSR count). The van der Waals surface area contributed by atoms with E-state index < -0.39 is 23.8 Å². The van der Waals surface area contributed by atoms with Gasteiger partial charge in [0.2, 0.25) is 0 Å². The first-order chi connectivity index (χ1) is 22.2. The van der Waals surface area contributed by atoms with Gasteiger partial charge in [0, 0.05) is 5.69 Å². The Bertz CT molecular complexity index is 1810. The van der Waals surface area contributed by atoms with E-state index in [0.29, 0.717) is 23.6 Å². The summed E-state index contributed by atoms with van der Waals surface area (Å²) in [6.45, 7) is 3.92. The van der Waals surface area contributed by atoms with Crippen LogP contribution in [0, 0.1) is 6.92 Å². The predicted molar refractivity (Wildman–Crippen MR) is 174 cm³/mol. The molecule has 0 aromatic heterocycles. The van der Waals surface area contributed by atoms with Crippen molar-refractivity contribution >= 4 is 52.8 Å². The predicted octanol–water partition coefficient (Wildman–Crippen LogP) is 6.31. The topological polar surface area (TPSA) is 123 Å². The Morgan fingerprint density at radius 3 is 2.39 bits per heavy atom. The van der Waals surface area contributed by atoms with E-state index in [2.05, 4.69) is 10.6 Å². The number of ether oxygens (including phenoxy) is 3. The van der Waals surface area contributed by atoms with Crippen molar-refractivity contribution in [2.45, 2.75) is 20.5 Å². The highest BCUT2D eigenvalue weighted by molar-refractivity contribution is 6.39. The molecule has 5 amide bonds. The van der Waals surface area contributed by atoms with Crippen molar-refractivity contribution in [3.8, 4) is 17.2 Å². The summed E-state index contributed by atoms with van der Waals surface area (Å²) in [6, 6.07) is 25.4. The van der Waals surface area contributed by atoms with Gasteiger partial charge in [-0.2, -0.15) is 0 Å². The van der Waals surface area contributed by atoms with Gasteiger partial charge in [0.05, 0.1) is 17.3 Å². The van der Waals surface area contributed by atoms with Crippen molar-refractivity contribution in [3.63, 3.8) is 0 Å². The van der Waals surface area contributed by atoms with Crippen LogP contribution in [-0.4, -0.2) is 37.0 Å². The van der Waals surface area contributed by atoms with E-state index in [-0.39, 0.29) is 41.0 Å². The van der Waals surface area contributed by atoms with Crippen LogP contribution in [0.5, 0.6) is 17.2 Å². The first kappa shape index (κ1) is 31.8. The number of urea groups is 1. The molecule has 1 fully saturated rings. The van der Waals surface area contributed by atoms with Gasteiger partial charge in [-0.25, -0.2) is 9.69 Å². The Labute approximate surface area is 270 Å². The quantitative estimate of drug-likeness (QED) is 0.146. The molecule has 4 aromatic carbocycles. The molecule has 0 unspecified atom stereocenters. The number of amides is 5. The maximum Gasteiger partial charge on any atom is 0.335 e. The summed E-state index contributed by atoms with van der Waals surface area (Å²) in [5, 5.41) is 5.05. The largest absolute Gasteiger partial charge is 0.490 e. The number of hydrogen-bond donors (Lipinski definition) is 2. The maximum absolute atomic E-state index is 13.5. The number of benzene rings is 4. The van der Waals surface area contributed by atoms with Crippen LogP contribution < -0.4 is 29.7 Å². The van der Waals surface area contributed by atoms with E-state index in [1.54, 1.807) is 37.3 Å². The van der Waals surface area contributed by atoms with Crippen LogP contribution in [0.2, 0.25) is 5.02 Å². The number of barbiturate groups is 1. The molecule has 10 nitrogen and oxygen atoms in total. The monoisotopic (exact) mass is 639 g/mol. The van der Waals surface area contributed by atoms with Gasteiger partial charge in [-0.1, -0.05) is 54.1 Å². The van der Waals surface area contributed by atoms with Crippen LogP contribution in [0.25, 0.3) is 6.08 Å². The molecule has 0 saturated carbocycles. The lowest BCUT2D eigenvalue weighted by Gasteiger charge is -2.26. The zero-order valence-electron chi connectivity index (χ0n) is 25.0. The standard InChI is InChI=1S/C35H30ClN3O7/c1-3-44-30-19-24(18-29(36)32(30)46-21-31(40)37-25-11-7-8-22(2)16-25)17-28-33(41)38-35(43)39(34(28)42)26-12-14-27(15-13-26)45-20-23-9-5-4-6-10-23/h4-19H,3,20-21H2,1-2H3,(H,37,40)(H,38,41,43)/b28-17+. The number of carbonyl (C=O) groups is 4. The fourth-order valence-corrected chi connectivity index (χ4v) is 4.90. The molecule has 46 heavy (non-hydrogen) atoms. The number of imide groups is 2. The smallest absolute Gasteiger partial charge is 0.335 e. The minimum atomic E-state index is -0.883. The molecular weight excluding hydrogens is 610 g/mol. The summed E-state index contributed by atoms with van der Waals surface area (Å²) in [4.78, 5) is 52.4. The summed E-state index contributed by atoms with van der Waals surface area (Å²) in [5.41, 5.74) is 2.89. The van der Waals surface area contributed by atoms with Crippen LogP contribution in [0.1, 0.15) is 23.6 Å². The van der Waals surface area contributed by atoms with E-state index in [1.807, 2.05) is 55.5 Å². The zero-order chi connectivity index (χ0) is 32.6. The molecule has 1 aliphatic rings. The van der Waals surface area contributed by atoms with Gasteiger partial charge >= 0.3 is 6.03 Å². The number of halogens is 1. The molecule has 0 spiro atoms. The van der Waals surface area contributed by atoms with E-state index in [4.69, 9.17) is 25.8 Å². The van der Waals surface area contributed by atoms with Gasteiger partial charge in [-0.05, 0) is 85.1 Å². The third-order valence-corrected chi connectivity index (χ3v) is 7.02. The zero-order valence-corrected chi connectivity index (χ0v) is 25.8. The van der Waals surface area contributed by atoms with Crippen molar-refractivity contribution in [3.05, 3.63) is 118 Å². The summed E-state index contributed by atoms with van der Waals surface area (Å²) < 4.78 is 17.2. The van der Waals surface area contributed by atoms with Crippen molar-refractivity contribution in [2.24, 2.45) is 0 Å². The second-order valence-corrected chi connectivity index (χ2v) is 10.6. The second-order valence-electron chi connectivity index (χ2n) is 10.2. The summed E-state index contributed by atoms with van der Waals surface area (Å²) >= 11 is 6.52. The Morgan fingerprint density at radius 1 is 0.913 bits per heavy atom. The lowest BCUT2D eigenvalue weighted by Crippen LogP contribution is -2.54. The highest BCUT2D eigenvalue weighted by atomic mass is 35.5. The first-order valence-electron chi connectivity index (χ1n) is 14.4. The van der Waals surface area contributed by atoms with E-state index in [9.17, 15) is 19.2 Å². The Balaban J connectivity index is 1.32. The highest BCUT2D eigenvalue weighted by Gasteiger charge is 2.37. The number of carbonyl (C=O) groups excluding carboxylic acids is 4. The van der Waals surface area contributed by atoms with Gasteiger partial charge in [-0.15, -0.1) is 0 Å². The Morgan fingerprint density at radius 2 is 1.67 bits per heavy atom. The molecule has 0 aliphatic carbocycles. The average molecular weight is 640 g/mol. The summed E-state index contributed by atoms with van der Waals surface area (Å²) in [7, 11) is 0. The molecule has 1 aliphatic heterocycles. The molecule has 2 N–H and O–H groups in total. The van der Waals surface area contributed by atoms with Crippen molar-refractivity contribution in [1.29, 1.82) is 0 Å². The van der Waals surface area contributed by atoms with Crippen molar-refractivity contribution in [1.82, 2.24) is 5.32 Å². The number of anilines is 2. The van der Waals surface area contributed by atoms with E-state index in [1.165, 1.54) is 18.2 Å². The molecule has 1 saturated heterocycles. The van der Waals surface area contributed by atoms with Crippen molar-refractivity contribution in [2.75, 3.05) is 23.4 Å². The molecule has 4 aromatic rings. The van der Waals surface area contributed by atoms with E-state index in [0.717, 1.165) is 16.0 Å². The second kappa shape index (κ2) is 14.4. The fourth-order valence-electron chi connectivity index (χ4n) is 4.62. The molecule has 1 heterocycles. The number of hydrogen-bond acceptors (Lipinski definition) is 7. The third-order valence-electron chi connectivity index (χ3n) is 6.74. The molecule has 0 radical (unpaired) electrons. The van der Waals surface area contributed by atoms with Gasteiger partial charge in [0.15, 0.2) is 18.1 Å². The fraction of sp³-hybridized carbons (Fsp3) is 0.143. The minimum Gasteiger partial charge on any atom is -0.490 e. The van der Waals surface area contributed by atoms with Gasteiger partial charge < -0.3 is 19.5 Å². The van der Waals surface area contributed by atoms with Gasteiger partial charge in [-0.3, -0.25) is 19.7 Å². The molecule has 234 valence electrons. The lowest BCUT2D eigenvalue weighted by molar-refractivity contribution is -0.122. The molecule has 0 atom stereocenters. The molecule has 11 heteroatoms. The lowest BCUT2D eigenvalue weighted by atomic mass is 10.1. The number of rotatable bonds is 11. The number of aryl methyl sites for hydroxylation is 1. The van der Waals surface area contributed by atoms with E-state index >= 15 is 0 Å². The van der Waals surface area contributed by atoms with Gasteiger partial charge in [0.1, 0.15) is 17.9 Å². The highest BCUT2D eigenvalue weighted by Crippen LogP contribution is 2.38. The van der Waals surface area contributed by atoms with Gasteiger partial charge in [0.25, 0.3) is 17.7 Å². The Hall–Kier alpha value is -5.61. The average Bonchev–Trinajstić information content (AvgIpc) is 3.03. The summed E-state index contributed by atoms with van der Waals surface area (Å²) in [5.74, 6) is -1.23. The normalized spacial score (nSPS) is 13.8. The number of nitrogens with zero attached hydrogens (tertiary/aromatic N) is 1.